The smallest absolute Gasteiger partial charge is 0.339 e. The Bertz CT molecular complexity index is 985. The molecule has 7 heteroatoms. The Morgan fingerprint density at radius 3 is 2.56 bits per heavy atom. The van der Waals surface area contributed by atoms with Gasteiger partial charge in [0.05, 0.1) is 10.6 Å². The Morgan fingerprint density at radius 1 is 1.15 bits per heavy atom. The second kappa shape index (κ2) is 8.45. The maximum absolute atomic E-state index is 13.2. The number of hydrogen-bond donors (Lipinski definition) is 2. The number of carbonyl (C=O) groups is 2. The van der Waals surface area contributed by atoms with Crippen LogP contribution in [0.25, 0.3) is 10.4 Å². The first kappa shape index (κ1) is 19.3. The van der Waals surface area contributed by atoms with Crippen molar-refractivity contribution in [2.45, 2.75) is 12.8 Å². The van der Waals surface area contributed by atoms with Crippen molar-refractivity contribution in [3.8, 4) is 10.4 Å². The summed E-state index contributed by atoms with van der Waals surface area (Å²) in [6.07, 6.45) is 0.502. The lowest BCUT2D eigenvalue weighted by Gasteiger charge is -2.07. The number of thiophene rings is 1. The molecule has 2 N–H and O–H groups in total. The number of amides is 1. The predicted octanol–water partition coefficient (Wildman–Crippen LogP) is 5.59. The Morgan fingerprint density at radius 2 is 1.89 bits per heavy atom. The topological polar surface area (TPSA) is 66.4 Å². The van der Waals surface area contributed by atoms with Crippen molar-refractivity contribution in [3.05, 3.63) is 75.3 Å². The number of carbonyl (C=O) groups excluding carboxylic acids is 1. The van der Waals surface area contributed by atoms with E-state index in [-0.39, 0.29) is 29.4 Å². The number of aromatic carboxylic acids is 1. The van der Waals surface area contributed by atoms with Crippen molar-refractivity contribution >= 4 is 44.8 Å². The van der Waals surface area contributed by atoms with Gasteiger partial charge in [-0.15, -0.1) is 11.3 Å². The Balaban J connectivity index is 1.75. The Kier molecular flexibility index (Phi) is 6.03. The van der Waals surface area contributed by atoms with Crippen LogP contribution in [0.5, 0.6) is 0 Å². The van der Waals surface area contributed by atoms with Crippen molar-refractivity contribution in [1.82, 2.24) is 0 Å². The molecule has 0 saturated carbocycles. The fraction of sp³-hybridized carbons (Fsp3) is 0.100. The molecule has 0 fully saturated rings. The molecule has 1 amide bonds. The van der Waals surface area contributed by atoms with Gasteiger partial charge < -0.3 is 10.4 Å². The Hall–Kier alpha value is -2.51. The minimum atomic E-state index is -1.10. The number of carboxylic acid groups (broad SMARTS) is 1. The zero-order valence-corrected chi connectivity index (χ0v) is 16.4. The zero-order chi connectivity index (χ0) is 19.4. The molecule has 1 aromatic heterocycles. The molecule has 0 spiro atoms. The standard InChI is InChI=1S/C20H15BrFNO3S/c21-14-7-5-13(6-8-14)19-18(20(25)26)16(11-27-19)23-17(24)9-4-12-2-1-3-15(22)10-12/h1-3,5-8,10-11H,4,9H2,(H,23,24)(H,25,26). The third-order valence-corrected chi connectivity index (χ3v) is 5.47. The minimum Gasteiger partial charge on any atom is -0.478 e. The highest BCUT2D eigenvalue weighted by Gasteiger charge is 2.21. The molecule has 0 saturated heterocycles. The molecule has 27 heavy (non-hydrogen) atoms. The summed E-state index contributed by atoms with van der Waals surface area (Å²) in [6.45, 7) is 0. The number of anilines is 1. The number of rotatable bonds is 6. The van der Waals surface area contributed by atoms with Crippen LogP contribution >= 0.6 is 27.3 Å². The van der Waals surface area contributed by atoms with Crippen LogP contribution in [-0.4, -0.2) is 17.0 Å². The zero-order valence-electron chi connectivity index (χ0n) is 14.0. The molecule has 2 aromatic carbocycles. The van der Waals surface area contributed by atoms with E-state index in [4.69, 9.17) is 0 Å². The minimum absolute atomic E-state index is 0.0708. The molecule has 0 radical (unpaired) electrons. The third-order valence-electron chi connectivity index (χ3n) is 3.92. The van der Waals surface area contributed by atoms with Gasteiger partial charge in [0.2, 0.25) is 5.91 Å². The van der Waals surface area contributed by atoms with E-state index in [2.05, 4.69) is 21.2 Å². The van der Waals surface area contributed by atoms with Gasteiger partial charge in [-0.25, -0.2) is 9.18 Å². The molecule has 0 atom stereocenters. The summed E-state index contributed by atoms with van der Waals surface area (Å²) in [5.74, 6) is -1.77. The van der Waals surface area contributed by atoms with Crippen LogP contribution in [-0.2, 0) is 11.2 Å². The summed E-state index contributed by atoms with van der Waals surface area (Å²) in [6, 6.07) is 13.4. The van der Waals surface area contributed by atoms with Gasteiger partial charge in [0.25, 0.3) is 0 Å². The monoisotopic (exact) mass is 447 g/mol. The number of carboxylic acids is 1. The van der Waals surface area contributed by atoms with E-state index in [1.54, 1.807) is 17.5 Å². The normalized spacial score (nSPS) is 10.6. The number of hydrogen-bond acceptors (Lipinski definition) is 3. The van der Waals surface area contributed by atoms with Crippen molar-refractivity contribution in [3.63, 3.8) is 0 Å². The first-order valence-electron chi connectivity index (χ1n) is 8.09. The summed E-state index contributed by atoms with van der Waals surface area (Å²) in [4.78, 5) is 24.6. The average molecular weight is 448 g/mol. The molecule has 0 aliphatic rings. The molecule has 4 nitrogen and oxygen atoms in total. The van der Waals surface area contributed by atoms with E-state index in [0.717, 1.165) is 10.0 Å². The first-order valence-corrected chi connectivity index (χ1v) is 9.76. The lowest BCUT2D eigenvalue weighted by molar-refractivity contribution is -0.116. The van der Waals surface area contributed by atoms with Crippen LogP contribution in [0.15, 0.2) is 58.4 Å². The molecule has 0 unspecified atom stereocenters. The largest absolute Gasteiger partial charge is 0.478 e. The second-order valence-electron chi connectivity index (χ2n) is 5.84. The van der Waals surface area contributed by atoms with Gasteiger partial charge >= 0.3 is 5.97 Å². The summed E-state index contributed by atoms with van der Waals surface area (Å²) in [7, 11) is 0. The summed E-state index contributed by atoms with van der Waals surface area (Å²) in [5.41, 5.74) is 1.82. The third kappa shape index (κ3) is 4.81. The average Bonchev–Trinajstić information content (AvgIpc) is 3.04. The number of benzene rings is 2. The van der Waals surface area contributed by atoms with Crippen LogP contribution in [0.2, 0.25) is 0 Å². The number of halogens is 2. The van der Waals surface area contributed by atoms with Crippen LogP contribution in [0, 0.1) is 5.82 Å². The molecule has 0 aliphatic heterocycles. The van der Waals surface area contributed by atoms with Gasteiger partial charge in [0.15, 0.2) is 0 Å². The van der Waals surface area contributed by atoms with Crippen LogP contribution < -0.4 is 5.32 Å². The van der Waals surface area contributed by atoms with E-state index in [1.807, 2.05) is 24.3 Å². The SMILES string of the molecule is O=C(CCc1cccc(F)c1)Nc1csc(-c2ccc(Br)cc2)c1C(=O)O. The van der Waals surface area contributed by atoms with E-state index in [1.165, 1.54) is 23.5 Å². The van der Waals surface area contributed by atoms with Gasteiger partial charge in [0, 0.05) is 16.3 Å². The van der Waals surface area contributed by atoms with Crippen LogP contribution in [0.4, 0.5) is 10.1 Å². The van der Waals surface area contributed by atoms with Gasteiger partial charge in [-0.3, -0.25) is 4.79 Å². The molecular formula is C20H15BrFNO3S. The van der Waals surface area contributed by atoms with Gasteiger partial charge in [-0.1, -0.05) is 40.2 Å². The van der Waals surface area contributed by atoms with Crippen molar-refractivity contribution in [2.24, 2.45) is 0 Å². The molecule has 138 valence electrons. The lowest BCUT2D eigenvalue weighted by Crippen LogP contribution is -2.14. The quantitative estimate of drug-likeness (QED) is 0.517. The van der Waals surface area contributed by atoms with E-state index in [0.29, 0.717) is 16.9 Å². The highest BCUT2D eigenvalue weighted by Crippen LogP contribution is 2.36. The lowest BCUT2D eigenvalue weighted by atomic mass is 10.1. The fourth-order valence-corrected chi connectivity index (χ4v) is 3.90. The highest BCUT2D eigenvalue weighted by molar-refractivity contribution is 9.10. The van der Waals surface area contributed by atoms with E-state index < -0.39 is 5.97 Å². The van der Waals surface area contributed by atoms with Crippen molar-refractivity contribution in [1.29, 1.82) is 0 Å². The maximum atomic E-state index is 13.2. The number of aryl methyl sites for hydroxylation is 1. The first-order chi connectivity index (χ1) is 12.9. The van der Waals surface area contributed by atoms with Gasteiger partial charge in [0.1, 0.15) is 11.4 Å². The Labute approximate surface area is 167 Å². The molecule has 0 bridgehead atoms. The van der Waals surface area contributed by atoms with Crippen LogP contribution in [0.3, 0.4) is 0 Å². The summed E-state index contributed by atoms with van der Waals surface area (Å²) in [5, 5.41) is 13.9. The maximum Gasteiger partial charge on any atom is 0.339 e. The molecule has 1 heterocycles. The van der Waals surface area contributed by atoms with Crippen molar-refractivity contribution in [2.75, 3.05) is 5.32 Å². The summed E-state index contributed by atoms with van der Waals surface area (Å²) < 4.78 is 14.1. The number of nitrogens with one attached hydrogen (secondary N) is 1. The van der Waals surface area contributed by atoms with Gasteiger partial charge in [-0.05, 0) is 41.8 Å². The summed E-state index contributed by atoms with van der Waals surface area (Å²) >= 11 is 4.61. The van der Waals surface area contributed by atoms with E-state index in [9.17, 15) is 19.1 Å². The molecule has 3 aromatic rings. The van der Waals surface area contributed by atoms with Crippen LogP contribution in [0.1, 0.15) is 22.3 Å². The molecular weight excluding hydrogens is 433 g/mol. The predicted molar refractivity (Wildman–Crippen MR) is 108 cm³/mol. The molecule has 0 aliphatic carbocycles. The second-order valence-corrected chi connectivity index (χ2v) is 7.64. The fourth-order valence-electron chi connectivity index (χ4n) is 2.64. The molecule has 3 rings (SSSR count). The van der Waals surface area contributed by atoms with Gasteiger partial charge in [-0.2, -0.15) is 0 Å². The van der Waals surface area contributed by atoms with E-state index >= 15 is 0 Å². The highest BCUT2D eigenvalue weighted by atomic mass is 79.9. The van der Waals surface area contributed by atoms with Crippen molar-refractivity contribution < 1.29 is 19.1 Å².